The van der Waals surface area contributed by atoms with Gasteiger partial charge < -0.3 is 0 Å². The van der Waals surface area contributed by atoms with Crippen molar-refractivity contribution in [1.82, 2.24) is 9.97 Å². The smallest absolute Gasteiger partial charge is 0.0972 e. The minimum absolute atomic E-state index is 0.924. The van der Waals surface area contributed by atoms with Crippen LogP contribution in [0.5, 0.6) is 0 Å². The van der Waals surface area contributed by atoms with Crippen molar-refractivity contribution < 1.29 is 0 Å². The lowest BCUT2D eigenvalue weighted by molar-refractivity contribution is 1.37. The molecule has 0 spiro atoms. The van der Waals surface area contributed by atoms with Crippen LogP contribution >= 0.6 is 11.3 Å². The molecule has 49 heavy (non-hydrogen) atoms. The van der Waals surface area contributed by atoms with Gasteiger partial charge >= 0.3 is 0 Å². The van der Waals surface area contributed by atoms with Gasteiger partial charge in [0.2, 0.25) is 0 Å². The normalized spacial score (nSPS) is 12.1. The van der Waals surface area contributed by atoms with Crippen molar-refractivity contribution in [1.29, 1.82) is 0 Å². The highest BCUT2D eigenvalue weighted by Crippen LogP contribution is 2.40. The molecule has 3 heteroatoms. The van der Waals surface area contributed by atoms with Crippen LogP contribution in [0, 0.1) is 0 Å². The van der Waals surface area contributed by atoms with Crippen molar-refractivity contribution in [3.05, 3.63) is 158 Å². The average molecular weight is 639 g/mol. The van der Waals surface area contributed by atoms with Crippen LogP contribution in [0.25, 0.3) is 108 Å². The molecule has 11 aromatic rings. The molecule has 0 saturated carbocycles. The number of hydrogen-bond acceptors (Lipinski definition) is 3. The fourth-order valence-electron chi connectivity index (χ4n) is 7.78. The maximum Gasteiger partial charge on any atom is 0.0972 e. The molecule has 0 atom stereocenters. The average Bonchev–Trinajstić information content (AvgIpc) is 3.54. The molecule has 3 heterocycles. The van der Waals surface area contributed by atoms with E-state index in [9.17, 15) is 0 Å². The second-order valence-electron chi connectivity index (χ2n) is 13.0. The zero-order chi connectivity index (χ0) is 32.1. The molecular weight excluding hydrogens is 613 g/mol. The van der Waals surface area contributed by atoms with E-state index in [4.69, 9.17) is 9.97 Å². The molecule has 0 aliphatic heterocycles. The number of thiophene rings is 1. The lowest BCUT2D eigenvalue weighted by Crippen LogP contribution is -1.92. The quantitative estimate of drug-likeness (QED) is 0.180. The summed E-state index contributed by atoms with van der Waals surface area (Å²) in [6.07, 6.45) is 0. The molecule has 0 saturated heterocycles. The fourth-order valence-corrected chi connectivity index (χ4v) is 8.86. The Balaban J connectivity index is 1.02. The van der Waals surface area contributed by atoms with Crippen LogP contribution in [0.4, 0.5) is 0 Å². The van der Waals surface area contributed by atoms with E-state index >= 15 is 0 Å². The van der Waals surface area contributed by atoms with Crippen LogP contribution in [0.3, 0.4) is 0 Å². The number of aromatic nitrogens is 2. The summed E-state index contributed by atoms with van der Waals surface area (Å²) >= 11 is 1.85. The lowest BCUT2D eigenvalue weighted by Gasteiger charge is -2.14. The Morgan fingerprint density at radius 3 is 1.76 bits per heavy atom. The van der Waals surface area contributed by atoms with Gasteiger partial charge in [-0.2, -0.15) is 0 Å². The minimum Gasteiger partial charge on any atom is -0.245 e. The highest BCUT2D eigenvalue weighted by molar-refractivity contribution is 7.25. The third-order valence-corrected chi connectivity index (χ3v) is 11.4. The summed E-state index contributed by atoms with van der Waals surface area (Å²) in [6.45, 7) is 0. The predicted octanol–water partition coefficient (Wildman–Crippen LogP) is 13.0. The summed E-state index contributed by atoms with van der Waals surface area (Å²) in [6, 6.07) is 57.2. The Hall–Kier alpha value is -6.16. The zero-order valence-electron chi connectivity index (χ0n) is 26.3. The standard InChI is InChI=1S/C46H26N2S/c1-2-7-41-36(6-1)38-26-34(20-25-42(38)49-41)27-8-10-28(11-9-27)39-23-18-32-14-15-33-19-24-40(48-46(33)45(32)47-39)35-21-16-31-13-12-29-4-3-5-30-17-22-37(35)44(31)43(29)30/h1-26H. The third-order valence-electron chi connectivity index (χ3n) is 10.2. The summed E-state index contributed by atoms with van der Waals surface area (Å²) in [5.74, 6) is 0. The van der Waals surface area contributed by atoms with Gasteiger partial charge in [-0.1, -0.05) is 127 Å². The van der Waals surface area contributed by atoms with Gasteiger partial charge in [-0.25, -0.2) is 9.97 Å². The maximum absolute atomic E-state index is 5.32. The van der Waals surface area contributed by atoms with Crippen molar-refractivity contribution in [3.8, 4) is 33.6 Å². The molecule has 0 aliphatic carbocycles. The second-order valence-corrected chi connectivity index (χ2v) is 14.0. The fraction of sp³-hybridized carbons (Fsp3) is 0. The first kappa shape index (κ1) is 26.9. The SMILES string of the molecule is c1cc2ccc3ccc(-c4ccc5ccc6ccc(-c7ccc(-c8ccc9sc%10ccccc%10c9c8)cc7)nc6c5n4)c4ccc(c1)c2c34. The minimum atomic E-state index is 0.924. The van der Waals surface area contributed by atoms with Crippen molar-refractivity contribution in [2.45, 2.75) is 0 Å². The van der Waals surface area contributed by atoms with Crippen molar-refractivity contribution in [3.63, 3.8) is 0 Å². The van der Waals surface area contributed by atoms with Crippen LogP contribution < -0.4 is 0 Å². The van der Waals surface area contributed by atoms with Crippen LogP contribution in [0.15, 0.2) is 158 Å². The first-order chi connectivity index (χ1) is 24.2. The monoisotopic (exact) mass is 638 g/mol. The summed E-state index contributed by atoms with van der Waals surface area (Å²) in [5.41, 5.74) is 8.42. The Bertz CT molecular complexity index is 3080. The molecule has 2 nitrogen and oxygen atoms in total. The molecule has 0 amide bonds. The molecule has 0 N–H and O–H groups in total. The summed E-state index contributed by atoms with van der Waals surface area (Å²) in [7, 11) is 0. The van der Waals surface area contributed by atoms with Crippen LogP contribution in [0.2, 0.25) is 0 Å². The van der Waals surface area contributed by atoms with E-state index in [0.29, 0.717) is 0 Å². The van der Waals surface area contributed by atoms with Crippen LogP contribution in [-0.4, -0.2) is 9.97 Å². The number of benzene rings is 8. The Morgan fingerprint density at radius 1 is 0.347 bits per heavy atom. The van der Waals surface area contributed by atoms with E-state index in [2.05, 4.69) is 158 Å². The molecule has 0 fully saturated rings. The second kappa shape index (κ2) is 10.2. The van der Waals surface area contributed by atoms with Crippen molar-refractivity contribution in [2.24, 2.45) is 0 Å². The van der Waals surface area contributed by atoms with E-state index in [1.54, 1.807) is 0 Å². The van der Waals surface area contributed by atoms with Crippen molar-refractivity contribution in [2.75, 3.05) is 0 Å². The molecular formula is C46H26N2S. The molecule has 0 radical (unpaired) electrons. The van der Waals surface area contributed by atoms with E-state index in [1.165, 1.54) is 63.6 Å². The van der Waals surface area contributed by atoms with Gasteiger partial charge in [0.05, 0.1) is 22.4 Å². The largest absolute Gasteiger partial charge is 0.245 e. The molecule has 0 aliphatic rings. The summed E-state index contributed by atoms with van der Waals surface area (Å²) < 4.78 is 2.66. The molecule has 11 rings (SSSR count). The molecule has 0 bridgehead atoms. The first-order valence-electron chi connectivity index (χ1n) is 16.6. The van der Waals surface area contributed by atoms with Crippen LogP contribution in [-0.2, 0) is 0 Å². The number of fused-ring (bicyclic) bond motifs is 6. The number of rotatable bonds is 3. The maximum atomic E-state index is 5.32. The van der Waals surface area contributed by atoms with E-state index in [-0.39, 0.29) is 0 Å². The van der Waals surface area contributed by atoms with Gasteiger partial charge in [0.25, 0.3) is 0 Å². The number of hydrogen-bond donors (Lipinski definition) is 0. The van der Waals surface area contributed by atoms with Gasteiger partial charge in [-0.3, -0.25) is 0 Å². The van der Waals surface area contributed by atoms with Gasteiger partial charge in [-0.05, 0) is 73.8 Å². The number of pyridine rings is 2. The van der Waals surface area contributed by atoms with Gasteiger partial charge in [0.15, 0.2) is 0 Å². The third kappa shape index (κ3) is 4.06. The van der Waals surface area contributed by atoms with Crippen molar-refractivity contribution >= 4 is 85.6 Å². The first-order valence-corrected chi connectivity index (χ1v) is 17.5. The van der Waals surface area contributed by atoms with E-state index in [1.807, 2.05) is 11.3 Å². The van der Waals surface area contributed by atoms with E-state index in [0.717, 1.165) is 44.3 Å². The highest BCUT2D eigenvalue weighted by Gasteiger charge is 2.15. The predicted molar refractivity (Wildman–Crippen MR) is 210 cm³/mol. The van der Waals surface area contributed by atoms with Gasteiger partial charge in [-0.15, -0.1) is 11.3 Å². The highest BCUT2D eigenvalue weighted by atomic mass is 32.1. The van der Waals surface area contributed by atoms with Gasteiger partial charge in [0, 0.05) is 42.1 Å². The number of nitrogens with zero attached hydrogens (tertiary/aromatic N) is 2. The van der Waals surface area contributed by atoms with E-state index < -0.39 is 0 Å². The molecule has 8 aromatic carbocycles. The topological polar surface area (TPSA) is 25.8 Å². The Morgan fingerprint density at radius 2 is 0.939 bits per heavy atom. The molecule has 0 unspecified atom stereocenters. The summed E-state index contributed by atoms with van der Waals surface area (Å²) in [5, 5.41) is 12.5. The Kier molecular flexibility index (Phi) is 5.57. The van der Waals surface area contributed by atoms with Gasteiger partial charge in [0.1, 0.15) is 0 Å². The molecule has 226 valence electrons. The molecule has 3 aromatic heterocycles. The van der Waals surface area contributed by atoms with Crippen LogP contribution in [0.1, 0.15) is 0 Å². The summed E-state index contributed by atoms with van der Waals surface area (Å²) in [4.78, 5) is 10.6. The zero-order valence-corrected chi connectivity index (χ0v) is 27.1. The lowest BCUT2D eigenvalue weighted by atomic mass is 9.91. The Labute approximate surface area is 285 Å².